The Morgan fingerprint density at radius 1 is 1.10 bits per heavy atom. The highest BCUT2D eigenvalue weighted by molar-refractivity contribution is 5.96. The van der Waals surface area contributed by atoms with Gasteiger partial charge in [-0.15, -0.1) is 0 Å². The SMILES string of the molecule is CCC(=O)N1CCC[C@H](C(=O)O[C@@H](C(=O)Nc2ccc(OC)cc2)c2ccccc2)C1. The molecule has 3 rings (SSSR count). The van der Waals surface area contributed by atoms with Gasteiger partial charge in [0, 0.05) is 30.8 Å². The van der Waals surface area contributed by atoms with Gasteiger partial charge in [-0.3, -0.25) is 14.4 Å². The van der Waals surface area contributed by atoms with Crippen LogP contribution in [-0.4, -0.2) is 42.9 Å². The van der Waals surface area contributed by atoms with Gasteiger partial charge in [0.2, 0.25) is 12.0 Å². The molecular formula is C24H28N2O5. The van der Waals surface area contributed by atoms with E-state index in [9.17, 15) is 14.4 Å². The highest BCUT2D eigenvalue weighted by Crippen LogP contribution is 2.25. The van der Waals surface area contributed by atoms with Crippen LogP contribution in [0, 0.1) is 5.92 Å². The number of carbonyl (C=O) groups excluding carboxylic acids is 3. The highest BCUT2D eigenvalue weighted by atomic mass is 16.5. The van der Waals surface area contributed by atoms with Crippen LogP contribution in [0.25, 0.3) is 0 Å². The van der Waals surface area contributed by atoms with Crippen molar-refractivity contribution in [1.82, 2.24) is 4.90 Å². The molecule has 0 radical (unpaired) electrons. The number of hydrogen-bond donors (Lipinski definition) is 1. The van der Waals surface area contributed by atoms with Crippen LogP contribution in [0.4, 0.5) is 5.69 Å². The lowest BCUT2D eigenvalue weighted by atomic mass is 9.97. The molecule has 1 aliphatic rings. The predicted molar refractivity (Wildman–Crippen MR) is 116 cm³/mol. The molecule has 0 spiro atoms. The molecule has 1 aliphatic heterocycles. The zero-order valence-electron chi connectivity index (χ0n) is 17.9. The van der Waals surface area contributed by atoms with Crippen molar-refractivity contribution in [3.8, 4) is 5.75 Å². The summed E-state index contributed by atoms with van der Waals surface area (Å²) in [6.45, 7) is 2.78. The maximum atomic E-state index is 13.0. The minimum atomic E-state index is -1.09. The Labute approximate surface area is 182 Å². The van der Waals surface area contributed by atoms with Gasteiger partial charge in [-0.2, -0.15) is 0 Å². The molecule has 0 unspecified atom stereocenters. The van der Waals surface area contributed by atoms with E-state index in [1.54, 1.807) is 67.5 Å². The van der Waals surface area contributed by atoms with Gasteiger partial charge < -0.3 is 19.7 Å². The number of carbonyl (C=O) groups is 3. The van der Waals surface area contributed by atoms with Crippen molar-refractivity contribution in [3.63, 3.8) is 0 Å². The number of ether oxygens (including phenoxy) is 2. The number of benzene rings is 2. The molecule has 7 heteroatoms. The molecule has 0 aliphatic carbocycles. The largest absolute Gasteiger partial charge is 0.497 e. The van der Waals surface area contributed by atoms with E-state index in [1.807, 2.05) is 6.07 Å². The Bertz CT molecular complexity index is 898. The summed E-state index contributed by atoms with van der Waals surface area (Å²) in [5, 5.41) is 2.80. The minimum Gasteiger partial charge on any atom is -0.497 e. The van der Waals surface area contributed by atoms with E-state index in [0.29, 0.717) is 42.9 Å². The van der Waals surface area contributed by atoms with Gasteiger partial charge in [0.15, 0.2) is 0 Å². The lowest BCUT2D eigenvalue weighted by Crippen LogP contribution is -2.43. The fraction of sp³-hybridized carbons (Fsp3) is 0.375. The number of esters is 1. The van der Waals surface area contributed by atoms with E-state index < -0.39 is 23.9 Å². The number of nitrogens with zero attached hydrogens (tertiary/aromatic N) is 1. The summed E-state index contributed by atoms with van der Waals surface area (Å²) in [5.41, 5.74) is 1.15. The second kappa shape index (κ2) is 10.6. The predicted octanol–water partition coefficient (Wildman–Crippen LogP) is 3.57. The quantitative estimate of drug-likeness (QED) is 0.687. The molecule has 0 aromatic heterocycles. The van der Waals surface area contributed by atoms with Gasteiger partial charge >= 0.3 is 5.97 Å². The van der Waals surface area contributed by atoms with Crippen molar-refractivity contribution in [3.05, 3.63) is 60.2 Å². The van der Waals surface area contributed by atoms with Crippen molar-refractivity contribution in [1.29, 1.82) is 0 Å². The first-order chi connectivity index (χ1) is 15.0. The van der Waals surface area contributed by atoms with Crippen molar-refractivity contribution in [2.45, 2.75) is 32.3 Å². The Morgan fingerprint density at radius 3 is 2.45 bits per heavy atom. The molecule has 1 fully saturated rings. The molecule has 2 atom stereocenters. The first-order valence-corrected chi connectivity index (χ1v) is 10.5. The van der Waals surface area contributed by atoms with Crippen LogP contribution in [0.3, 0.4) is 0 Å². The summed E-state index contributed by atoms with van der Waals surface area (Å²) in [4.78, 5) is 39.7. The molecule has 0 saturated carbocycles. The third kappa shape index (κ3) is 5.84. The third-order valence-corrected chi connectivity index (χ3v) is 5.34. The fourth-order valence-electron chi connectivity index (χ4n) is 3.61. The Morgan fingerprint density at radius 2 is 1.81 bits per heavy atom. The summed E-state index contributed by atoms with van der Waals surface area (Å²) >= 11 is 0. The van der Waals surface area contributed by atoms with Crippen LogP contribution >= 0.6 is 0 Å². The Balaban J connectivity index is 1.73. The number of likely N-dealkylation sites (tertiary alicyclic amines) is 1. The molecule has 1 saturated heterocycles. The molecule has 7 nitrogen and oxygen atoms in total. The maximum absolute atomic E-state index is 13.0. The van der Waals surface area contributed by atoms with Gasteiger partial charge in [0.05, 0.1) is 13.0 Å². The highest BCUT2D eigenvalue weighted by Gasteiger charge is 2.33. The molecule has 1 N–H and O–H groups in total. The number of amides is 2. The summed E-state index contributed by atoms with van der Waals surface area (Å²) in [6.07, 6.45) is 0.680. The van der Waals surface area contributed by atoms with E-state index in [2.05, 4.69) is 5.32 Å². The molecule has 2 aromatic rings. The molecule has 164 valence electrons. The van der Waals surface area contributed by atoms with Crippen molar-refractivity contribution in [2.75, 3.05) is 25.5 Å². The first kappa shape index (κ1) is 22.3. The van der Waals surface area contributed by atoms with E-state index in [4.69, 9.17) is 9.47 Å². The average Bonchev–Trinajstić information content (AvgIpc) is 2.82. The second-order valence-corrected chi connectivity index (χ2v) is 7.48. The molecule has 2 aromatic carbocycles. The summed E-state index contributed by atoms with van der Waals surface area (Å²) in [7, 11) is 1.57. The van der Waals surface area contributed by atoms with Crippen molar-refractivity contribution < 1.29 is 23.9 Å². The number of nitrogens with one attached hydrogen (secondary N) is 1. The molecule has 0 bridgehead atoms. The van der Waals surface area contributed by atoms with Crippen molar-refractivity contribution >= 4 is 23.5 Å². The lowest BCUT2D eigenvalue weighted by Gasteiger charge is -2.32. The van der Waals surface area contributed by atoms with E-state index in [-0.39, 0.29) is 5.91 Å². The number of rotatable bonds is 7. The first-order valence-electron chi connectivity index (χ1n) is 10.5. The van der Waals surface area contributed by atoms with Crippen LogP contribution in [0.2, 0.25) is 0 Å². The average molecular weight is 424 g/mol. The van der Waals surface area contributed by atoms with Gasteiger partial charge in [-0.1, -0.05) is 37.3 Å². The minimum absolute atomic E-state index is 0.0226. The van der Waals surface area contributed by atoms with Crippen LogP contribution < -0.4 is 10.1 Å². The van der Waals surface area contributed by atoms with Gasteiger partial charge in [0.25, 0.3) is 5.91 Å². The molecular weight excluding hydrogens is 396 g/mol. The van der Waals surface area contributed by atoms with Crippen LogP contribution in [0.1, 0.15) is 37.9 Å². The zero-order chi connectivity index (χ0) is 22.2. The van der Waals surface area contributed by atoms with Crippen LogP contribution in [0.15, 0.2) is 54.6 Å². The standard InChI is InChI=1S/C24H28N2O5/c1-3-21(27)26-15-7-10-18(16-26)24(29)31-22(17-8-5-4-6-9-17)23(28)25-19-11-13-20(30-2)14-12-19/h4-6,8-9,11-14,18,22H,3,7,10,15-16H2,1-2H3,(H,25,28)/t18-,22+/m0/s1. The topological polar surface area (TPSA) is 84.9 Å². The summed E-state index contributed by atoms with van der Waals surface area (Å²) < 4.78 is 10.8. The van der Waals surface area contributed by atoms with E-state index in [0.717, 1.165) is 6.42 Å². The normalized spacial score (nSPS) is 16.8. The number of hydrogen-bond acceptors (Lipinski definition) is 5. The van der Waals surface area contributed by atoms with Crippen LogP contribution in [-0.2, 0) is 19.1 Å². The van der Waals surface area contributed by atoms with Gasteiger partial charge in [-0.25, -0.2) is 0 Å². The molecule has 1 heterocycles. The second-order valence-electron chi connectivity index (χ2n) is 7.48. The molecule has 2 amide bonds. The lowest BCUT2D eigenvalue weighted by molar-refractivity contribution is -0.161. The van der Waals surface area contributed by atoms with Gasteiger partial charge in [0.1, 0.15) is 5.75 Å². The van der Waals surface area contributed by atoms with Gasteiger partial charge in [-0.05, 0) is 37.1 Å². The maximum Gasteiger partial charge on any atom is 0.311 e. The fourth-order valence-corrected chi connectivity index (χ4v) is 3.61. The van der Waals surface area contributed by atoms with E-state index in [1.165, 1.54) is 0 Å². The number of anilines is 1. The smallest absolute Gasteiger partial charge is 0.311 e. The number of piperidine rings is 1. The Hall–Kier alpha value is -3.35. The summed E-state index contributed by atoms with van der Waals surface area (Å²) in [6, 6.07) is 15.8. The van der Waals surface area contributed by atoms with Crippen molar-refractivity contribution in [2.24, 2.45) is 5.92 Å². The third-order valence-electron chi connectivity index (χ3n) is 5.34. The zero-order valence-corrected chi connectivity index (χ0v) is 17.9. The summed E-state index contributed by atoms with van der Waals surface area (Å²) in [5.74, 6) is -0.652. The van der Waals surface area contributed by atoms with Crippen LogP contribution in [0.5, 0.6) is 5.75 Å². The monoisotopic (exact) mass is 424 g/mol. The number of methoxy groups -OCH3 is 1. The van der Waals surface area contributed by atoms with E-state index >= 15 is 0 Å². The Kier molecular flexibility index (Phi) is 7.65. The molecule has 31 heavy (non-hydrogen) atoms.